The molecule has 0 radical (unpaired) electrons. The maximum atomic E-state index is 12.2. The Bertz CT molecular complexity index is 815. The molecule has 0 amide bonds. The van der Waals surface area contributed by atoms with E-state index >= 15 is 0 Å². The van der Waals surface area contributed by atoms with Crippen LogP contribution >= 0.6 is 0 Å². The third-order valence-corrected chi connectivity index (χ3v) is 4.29. The molecule has 0 aliphatic carbocycles. The summed E-state index contributed by atoms with van der Waals surface area (Å²) in [5, 5.41) is 0. The van der Waals surface area contributed by atoms with Crippen molar-refractivity contribution in [1.29, 1.82) is 0 Å². The highest BCUT2D eigenvalue weighted by Gasteiger charge is 2.28. The number of aryl methyl sites for hydroxylation is 1. The van der Waals surface area contributed by atoms with Crippen LogP contribution in [0.3, 0.4) is 0 Å². The van der Waals surface area contributed by atoms with Gasteiger partial charge in [-0.3, -0.25) is 9.54 Å². The van der Waals surface area contributed by atoms with E-state index in [1.165, 1.54) is 6.20 Å². The van der Waals surface area contributed by atoms with Crippen LogP contribution in [-0.2, 0) is 27.8 Å². The number of esters is 1. The van der Waals surface area contributed by atoms with Gasteiger partial charge in [-0.2, -0.15) is 8.42 Å². The van der Waals surface area contributed by atoms with Gasteiger partial charge in [0.1, 0.15) is 24.5 Å². The zero-order chi connectivity index (χ0) is 18.5. The molecular formula is C16H22N3O5S+. The summed E-state index contributed by atoms with van der Waals surface area (Å²) in [6, 6.07) is 3.30. The van der Waals surface area contributed by atoms with E-state index in [1.54, 1.807) is 44.6 Å². The average molecular weight is 368 g/mol. The van der Waals surface area contributed by atoms with E-state index in [9.17, 15) is 13.2 Å². The van der Waals surface area contributed by atoms with E-state index in [0.717, 1.165) is 5.82 Å². The highest BCUT2D eigenvalue weighted by molar-refractivity contribution is 7.85. The standard InChI is InChI=1S/C16H21N3O5S/c1-16(2,24-15(20)13-5-3-7-17-11-13)12-19-9-8-18-14(19)6-4-10-25(21,22)23/h3,5,7-9,11H,4,6,10,12H2,1-2H3,(H,21,22,23)/p+1. The minimum absolute atomic E-state index is 0.287. The number of pyridine rings is 1. The van der Waals surface area contributed by atoms with Gasteiger partial charge in [0, 0.05) is 12.4 Å². The maximum absolute atomic E-state index is 12.2. The predicted octanol–water partition coefficient (Wildman–Crippen LogP) is 1.15. The second-order valence-electron chi connectivity index (χ2n) is 6.32. The Labute approximate surface area is 146 Å². The molecule has 0 unspecified atom stereocenters. The minimum Gasteiger partial charge on any atom is -0.452 e. The first-order valence-corrected chi connectivity index (χ1v) is 9.41. The lowest BCUT2D eigenvalue weighted by molar-refractivity contribution is -0.714. The third kappa shape index (κ3) is 6.28. The molecule has 2 aromatic heterocycles. The molecule has 0 saturated carbocycles. The second-order valence-corrected chi connectivity index (χ2v) is 7.89. The highest BCUT2D eigenvalue weighted by Crippen LogP contribution is 2.13. The van der Waals surface area contributed by atoms with E-state index < -0.39 is 21.7 Å². The summed E-state index contributed by atoms with van der Waals surface area (Å²) >= 11 is 0. The van der Waals surface area contributed by atoms with Crippen LogP contribution in [-0.4, -0.2) is 40.3 Å². The molecule has 0 aromatic carbocycles. The summed E-state index contributed by atoms with van der Waals surface area (Å²) in [7, 11) is -3.97. The molecule has 25 heavy (non-hydrogen) atoms. The van der Waals surface area contributed by atoms with Gasteiger partial charge in [-0.05, 0) is 32.4 Å². The van der Waals surface area contributed by atoms with E-state index in [1.807, 2.05) is 4.57 Å². The molecule has 0 aliphatic rings. The number of carbonyl (C=O) groups excluding carboxylic acids is 1. The molecule has 9 heteroatoms. The molecule has 2 aromatic rings. The van der Waals surface area contributed by atoms with Crippen molar-refractivity contribution in [1.82, 2.24) is 9.97 Å². The fourth-order valence-corrected chi connectivity index (χ4v) is 2.93. The second kappa shape index (κ2) is 7.75. The number of H-pyrrole nitrogens is 1. The smallest absolute Gasteiger partial charge is 0.340 e. The molecule has 2 rings (SSSR count). The molecule has 2 heterocycles. The van der Waals surface area contributed by atoms with Gasteiger partial charge in [0.15, 0.2) is 0 Å². The third-order valence-electron chi connectivity index (χ3n) is 3.48. The predicted molar refractivity (Wildman–Crippen MR) is 89.5 cm³/mol. The number of aromatic amines is 1. The molecular weight excluding hydrogens is 346 g/mol. The van der Waals surface area contributed by atoms with E-state index in [0.29, 0.717) is 18.5 Å². The van der Waals surface area contributed by atoms with Crippen LogP contribution in [0.5, 0.6) is 0 Å². The zero-order valence-electron chi connectivity index (χ0n) is 14.2. The highest BCUT2D eigenvalue weighted by atomic mass is 32.2. The summed E-state index contributed by atoms with van der Waals surface area (Å²) in [4.78, 5) is 19.1. The van der Waals surface area contributed by atoms with Gasteiger partial charge in [-0.15, -0.1) is 0 Å². The number of imidazole rings is 1. The van der Waals surface area contributed by atoms with Gasteiger partial charge in [0.25, 0.3) is 15.9 Å². The van der Waals surface area contributed by atoms with Crippen LogP contribution < -0.4 is 4.57 Å². The first kappa shape index (κ1) is 19.1. The number of carbonyl (C=O) groups is 1. The molecule has 0 saturated heterocycles. The molecule has 0 fully saturated rings. The average Bonchev–Trinajstić information content (AvgIpc) is 2.93. The van der Waals surface area contributed by atoms with Crippen molar-refractivity contribution < 1.29 is 27.1 Å². The number of aromatic nitrogens is 3. The zero-order valence-corrected chi connectivity index (χ0v) is 15.0. The molecule has 0 spiro atoms. The van der Waals surface area contributed by atoms with Crippen molar-refractivity contribution in [3.8, 4) is 0 Å². The Morgan fingerprint density at radius 1 is 1.44 bits per heavy atom. The molecule has 2 N–H and O–H groups in total. The van der Waals surface area contributed by atoms with Gasteiger partial charge in [-0.25, -0.2) is 14.3 Å². The maximum Gasteiger partial charge on any atom is 0.340 e. The van der Waals surface area contributed by atoms with Crippen molar-refractivity contribution in [2.45, 2.75) is 38.8 Å². The Kier molecular flexibility index (Phi) is 5.91. The van der Waals surface area contributed by atoms with Crippen molar-refractivity contribution in [3.05, 3.63) is 48.3 Å². The lowest BCUT2D eigenvalue weighted by Gasteiger charge is -2.23. The van der Waals surface area contributed by atoms with Crippen LogP contribution in [0.25, 0.3) is 0 Å². The van der Waals surface area contributed by atoms with Gasteiger partial charge in [-0.1, -0.05) is 0 Å². The number of nitrogens with one attached hydrogen (secondary N) is 1. The normalized spacial score (nSPS) is 12.1. The Morgan fingerprint density at radius 2 is 2.20 bits per heavy atom. The van der Waals surface area contributed by atoms with Gasteiger partial charge >= 0.3 is 5.97 Å². The first-order chi connectivity index (χ1) is 11.7. The van der Waals surface area contributed by atoms with Crippen LogP contribution in [0.4, 0.5) is 0 Å². The first-order valence-electron chi connectivity index (χ1n) is 7.80. The molecule has 0 aliphatic heterocycles. The fraction of sp³-hybridized carbons (Fsp3) is 0.438. The number of nitrogens with zero attached hydrogens (tertiary/aromatic N) is 2. The lowest BCUT2D eigenvalue weighted by atomic mass is 10.1. The topological polar surface area (TPSA) is 113 Å². The van der Waals surface area contributed by atoms with Crippen molar-refractivity contribution in [2.75, 3.05) is 5.75 Å². The van der Waals surface area contributed by atoms with Gasteiger partial charge in [0.2, 0.25) is 0 Å². The number of hydrogen-bond donors (Lipinski definition) is 2. The quantitative estimate of drug-likeness (QED) is 0.411. The van der Waals surface area contributed by atoms with Crippen molar-refractivity contribution in [3.63, 3.8) is 0 Å². The Morgan fingerprint density at radius 3 is 2.84 bits per heavy atom. The number of rotatable bonds is 8. The molecule has 8 nitrogen and oxygen atoms in total. The monoisotopic (exact) mass is 368 g/mol. The largest absolute Gasteiger partial charge is 0.452 e. The van der Waals surface area contributed by atoms with Crippen molar-refractivity contribution >= 4 is 16.1 Å². The Balaban J connectivity index is 1.98. The van der Waals surface area contributed by atoms with Gasteiger partial charge in [0.05, 0.1) is 17.7 Å². The summed E-state index contributed by atoms with van der Waals surface area (Å²) in [6.45, 7) is 3.98. The summed E-state index contributed by atoms with van der Waals surface area (Å²) < 4.78 is 37.8. The lowest BCUT2D eigenvalue weighted by Crippen LogP contribution is -2.48. The van der Waals surface area contributed by atoms with E-state index in [4.69, 9.17) is 9.29 Å². The van der Waals surface area contributed by atoms with Gasteiger partial charge < -0.3 is 4.74 Å². The summed E-state index contributed by atoms with van der Waals surface area (Å²) in [5.41, 5.74) is -0.402. The molecule has 0 bridgehead atoms. The molecule has 136 valence electrons. The van der Waals surface area contributed by atoms with Crippen molar-refractivity contribution in [2.24, 2.45) is 0 Å². The van der Waals surface area contributed by atoms with Crippen LogP contribution in [0.15, 0.2) is 36.9 Å². The Hall–Kier alpha value is -2.26. The van der Waals surface area contributed by atoms with Crippen LogP contribution in [0, 0.1) is 0 Å². The minimum atomic E-state index is -3.97. The summed E-state index contributed by atoms with van der Waals surface area (Å²) in [6.07, 6.45) is 7.28. The number of hydrogen-bond acceptors (Lipinski definition) is 5. The summed E-state index contributed by atoms with van der Waals surface area (Å²) in [5.74, 6) is 0.0297. The molecule has 0 atom stereocenters. The van der Waals surface area contributed by atoms with Crippen LogP contribution in [0.1, 0.15) is 36.5 Å². The SMILES string of the molecule is CC(C)(C[n+]1cc[nH]c1CCCS(=O)(=O)O)OC(=O)c1cccnc1. The fourth-order valence-electron chi connectivity index (χ4n) is 2.42. The van der Waals surface area contributed by atoms with Crippen LogP contribution in [0.2, 0.25) is 0 Å². The number of ether oxygens (including phenoxy) is 1. The van der Waals surface area contributed by atoms with E-state index in [2.05, 4.69) is 9.97 Å². The van der Waals surface area contributed by atoms with E-state index in [-0.39, 0.29) is 12.2 Å².